The molecule has 4 atom stereocenters. The summed E-state index contributed by atoms with van der Waals surface area (Å²) >= 11 is 0. The van der Waals surface area contributed by atoms with Gasteiger partial charge in [-0.3, -0.25) is 24.2 Å². The predicted octanol–water partition coefficient (Wildman–Crippen LogP) is 5.46. The molecular weight excluding hydrogens is 837 g/mol. The van der Waals surface area contributed by atoms with Gasteiger partial charge in [-0.05, 0) is 118 Å². The molecule has 356 valence electrons. The van der Waals surface area contributed by atoms with Gasteiger partial charge in [0.05, 0.1) is 37.2 Å². The Labute approximate surface area is 390 Å². The van der Waals surface area contributed by atoms with E-state index in [-0.39, 0.29) is 54.7 Å². The van der Waals surface area contributed by atoms with Gasteiger partial charge >= 0.3 is 5.97 Å². The van der Waals surface area contributed by atoms with Gasteiger partial charge in [0.25, 0.3) is 0 Å². The Morgan fingerprint density at radius 2 is 1.76 bits per heavy atom. The number of benzene rings is 1. The molecule has 3 saturated heterocycles. The lowest BCUT2D eigenvalue weighted by Crippen LogP contribution is -2.48. The molecule has 1 aliphatic carbocycles. The van der Waals surface area contributed by atoms with Crippen molar-refractivity contribution in [2.75, 3.05) is 89.4 Å². The third-order valence-corrected chi connectivity index (χ3v) is 14.6. The lowest BCUT2D eigenvalue weighted by Gasteiger charge is -2.36. The number of fused-ring (bicyclic) bond motifs is 1. The Balaban J connectivity index is 0.692. The van der Waals surface area contributed by atoms with Gasteiger partial charge in [0, 0.05) is 109 Å². The van der Waals surface area contributed by atoms with Crippen LogP contribution in [0.15, 0.2) is 60.9 Å². The maximum absolute atomic E-state index is 13.2. The molecule has 4 aliphatic heterocycles. The van der Waals surface area contributed by atoms with Crippen molar-refractivity contribution < 1.29 is 33.8 Å². The molecule has 1 aromatic carbocycles. The first-order chi connectivity index (χ1) is 32.2. The van der Waals surface area contributed by atoms with Crippen LogP contribution in [0.1, 0.15) is 105 Å². The maximum Gasteiger partial charge on any atom is 0.304 e. The molecule has 3 N–H and O–H groups in total. The van der Waals surface area contributed by atoms with Crippen molar-refractivity contribution in [1.82, 2.24) is 30.0 Å². The average molecular weight is 907 g/mol. The molecule has 2 aromatic heterocycles. The molecular formula is C51H70N8O7. The van der Waals surface area contributed by atoms with E-state index in [0.29, 0.717) is 51.6 Å². The summed E-state index contributed by atoms with van der Waals surface area (Å²) in [6.07, 6.45) is 14.2. The number of nitrogens with zero attached hydrogens (tertiary/aromatic N) is 6. The zero-order chi connectivity index (χ0) is 45.8. The van der Waals surface area contributed by atoms with Crippen LogP contribution in [0.5, 0.6) is 0 Å². The van der Waals surface area contributed by atoms with E-state index in [0.717, 1.165) is 125 Å². The van der Waals surface area contributed by atoms with E-state index >= 15 is 0 Å². The molecule has 1 saturated carbocycles. The lowest BCUT2D eigenvalue weighted by atomic mass is 9.94. The molecule has 0 spiro atoms. The second kappa shape index (κ2) is 23.1. The molecule has 0 radical (unpaired) electrons. The minimum Gasteiger partial charge on any atom is -0.481 e. The van der Waals surface area contributed by atoms with Gasteiger partial charge < -0.3 is 44.8 Å². The summed E-state index contributed by atoms with van der Waals surface area (Å²) in [6.45, 7) is 7.87. The fourth-order valence-electron chi connectivity index (χ4n) is 10.8. The second-order valence-corrected chi connectivity index (χ2v) is 19.1. The van der Waals surface area contributed by atoms with Crippen molar-refractivity contribution >= 4 is 35.2 Å². The smallest absolute Gasteiger partial charge is 0.304 e. The molecule has 0 bridgehead atoms. The van der Waals surface area contributed by atoms with Crippen LogP contribution in [-0.4, -0.2) is 145 Å². The number of pyridine rings is 2. The van der Waals surface area contributed by atoms with Crippen LogP contribution in [0, 0.1) is 11.8 Å². The van der Waals surface area contributed by atoms with Gasteiger partial charge in [-0.15, -0.1) is 0 Å². The number of ether oxygens (including phenoxy) is 2. The molecule has 0 unspecified atom stereocenters. The van der Waals surface area contributed by atoms with Gasteiger partial charge in [-0.2, -0.15) is 0 Å². The van der Waals surface area contributed by atoms with E-state index in [9.17, 15) is 24.3 Å². The normalized spacial score (nSPS) is 23.9. The fourth-order valence-corrected chi connectivity index (χ4v) is 10.8. The number of carboxylic acid groups (broad SMARTS) is 1. The molecule has 3 amide bonds. The molecule has 5 aliphatic rings. The zero-order valence-corrected chi connectivity index (χ0v) is 38.8. The van der Waals surface area contributed by atoms with Gasteiger partial charge in [-0.1, -0.05) is 24.3 Å². The summed E-state index contributed by atoms with van der Waals surface area (Å²) in [4.78, 5) is 68.3. The van der Waals surface area contributed by atoms with E-state index in [1.807, 2.05) is 23.1 Å². The second-order valence-electron chi connectivity index (χ2n) is 19.1. The van der Waals surface area contributed by atoms with Crippen LogP contribution < -0.4 is 15.5 Å². The lowest BCUT2D eigenvalue weighted by molar-refractivity contribution is -0.137. The molecule has 15 heteroatoms. The number of carbonyl (C=O) groups excluding carboxylic acids is 3. The number of aromatic nitrogens is 2. The van der Waals surface area contributed by atoms with Crippen molar-refractivity contribution in [2.24, 2.45) is 11.8 Å². The number of carboxylic acids is 1. The zero-order valence-electron chi connectivity index (χ0n) is 38.8. The summed E-state index contributed by atoms with van der Waals surface area (Å²) in [7, 11) is 1.74. The third-order valence-electron chi connectivity index (χ3n) is 14.6. The number of aryl methyl sites for hydroxylation is 2. The molecule has 3 aromatic rings. The number of hydrogen-bond donors (Lipinski definition) is 3. The molecule has 6 heterocycles. The van der Waals surface area contributed by atoms with E-state index in [2.05, 4.69) is 55.7 Å². The Bertz CT molecular complexity index is 2090. The number of nitrogens with one attached hydrogen (secondary N) is 2. The Morgan fingerprint density at radius 3 is 2.53 bits per heavy atom. The summed E-state index contributed by atoms with van der Waals surface area (Å²) in [5.41, 5.74) is 5.48. The number of rotatable bonds is 20. The summed E-state index contributed by atoms with van der Waals surface area (Å²) < 4.78 is 12.3. The SMILES string of the molecule is CN1C(=O)C[C@H](C(=O)NCCOC2CCC(OCCCC(=O)N3CCN(c4cccc([C@H](CC(=O)O)CN5CC[C@@H](CCc6ccc7c(n6)NCCC7)C5)c4)CC3)CC2)[C@H]1c1cccnc1. The van der Waals surface area contributed by atoms with Gasteiger partial charge in [0.1, 0.15) is 5.82 Å². The highest BCUT2D eigenvalue weighted by Gasteiger charge is 2.42. The van der Waals surface area contributed by atoms with Crippen molar-refractivity contribution in [3.8, 4) is 0 Å². The molecule has 8 rings (SSSR count). The first-order valence-corrected chi connectivity index (χ1v) is 24.6. The minimum absolute atomic E-state index is 0.0458. The quantitative estimate of drug-likeness (QED) is 0.123. The van der Waals surface area contributed by atoms with Crippen LogP contribution >= 0.6 is 0 Å². The van der Waals surface area contributed by atoms with Crippen LogP contribution in [0.4, 0.5) is 11.5 Å². The molecule has 15 nitrogen and oxygen atoms in total. The summed E-state index contributed by atoms with van der Waals surface area (Å²) in [6, 6.07) is 16.2. The maximum atomic E-state index is 13.2. The monoisotopic (exact) mass is 907 g/mol. The third kappa shape index (κ3) is 12.6. The van der Waals surface area contributed by atoms with Gasteiger partial charge in [-0.25, -0.2) is 4.98 Å². The van der Waals surface area contributed by atoms with Gasteiger partial charge in [0.15, 0.2) is 0 Å². The van der Waals surface area contributed by atoms with Gasteiger partial charge in [0.2, 0.25) is 17.7 Å². The fraction of sp³-hybridized carbons (Fsp3) is 0.608. The summed E-state index contributed by atoms with van der Waals surface area (Å²) in [5.74, 6) is 0.290. The van der Waals surface area contributed by atoms with E-state index in [4.69, 9.17) is 14.5 Å². The van der Waals surface area contributed by atoms with E-state index < -0.39 is 11.9 Å². The Kier molecular flexibility index (Phi) is 16.6. The Morgan fingerprint density at radius 1 is 0.955 bits per heavy atom. The van der Waals surface area contributed by atoms with Crippen molar-refractivity contribution in [3.05, 3.63) is 83.3 Å². The largest absolute Gasteiger partial charge is 0.481 e. The number of carbonyl (C=O) groups is 4. The number of aliphatic carboxylic acids is 1. The van der Waals surface area contributed by atoms with Crippen molar-refractivity contribution in [2.45, 2.75) is 108 Å². The highest BCUT2D eigenvalue weighted by Crippen LogP contribution is 2.37. The standard InChI is InChI=1S/C51H70N8O7/c1-56-47(61)32-45(49(56)39-8-3-20-52-33-39)51(64)54-22-29-66-44-17-15-43(16-18-44)65-28-5-10-46(60)59-26-24-58(25-27-59)42-9-2-6-38(30-42)40(31-48(62)63)35-57-23-19-36(34-57)11-13-41-14-12-37-7-4-21-53-50(37)55-41/h2-3,6,8-9,12,14,20,30,33,36,40,43-45,49H,4-5,7,10-11,13,15-19,21-29,31-32,34-35H2,1H3,(H,53,55)(H,54,64)(H,62,63)/t36-,40-,43?,44?,45+,49-/m1/s1. The van der Waals surface area contributed by atoms with E-state index in [1.165, 1.54) is 5.56 Å². The first kappa shape index (κ1) is 47.4. The number of likely N-dealkylation sites (tertiary alicyclic amines) is 2. The van der Waals surface area contributed by atoms with Crippen LogP contribution in [0.2, 0.25) is 0 Å². The minimum atomic E-state index is -0.774. The first-order valence-electron chi connectivity index (χ1n) is 24.6. The number of hydrogen-bond acceptors (Lipinski definition) is 11. The Hall–Kier alpha value is -5.12. The number of anilines is 2. The summed E-state index contributed by atoms with van der Waals surface area (Å²) in [5, 5.41) is 16.3. The highest BCUT2D eigenvalue weighted by molar-refractivity contribution is 5.90. The van der Waals surface area contributed by atoms with Crippen LogP contribution in [0.3, 0.4) is 0 Å². The molecule has 4 fully saturated rings. The number of amides is 3. The van der Waals surface area contributed by atoms with Crippen molar-refractivity contribution in [1.29, 1.82) is 0 Å². The number of piperazine rings is 1. The van der Waals surface area contributed by atoms with Crippen LogP contribution in [-0.2, 0) is 41.5 Å². The van der Waals surface area contributed by atoms with Crippen LogP contribution in [0.25, 0.3) is 0 Å². The topological polar surface area (TPSA) is 170 Å². The average Bonchev–Trinajstić information content (AvgIpc) is 3.93. The predicted molar refractivity (Wildman–Crippen MR) is 252 cm³/mol. The highest BCUT2D eigenvalue weighted by atomic mass is 16.5. The van der Waals surface area contributed by atoms with Crippen molar-refractivity contribution in [3.63, 3.8) is 0 Å². The van der Waals surface area contributed by atoms with E-state index in [1.54, 1.807) is 24.3 Å². The molecule has 66 heavy (non-hydrogen) atoms.